The maximum atomic E-state index is 11.8. The Labute approximate surface area is 149 Å². The number of nitrogens with zero attached hydrogens (tertiary/aromatic N) is 1. The molecule has 0 saturated heterocycles. The van der Waals surface area contributed by atoms with E-state index in [1.807, 2.05) is 19.1 Å². The summed E-state index contributed by atoms with van der Waals surface area (Å²) in [6.07, 6.45) is 3.34. The predicted molar refractivity (Wildman–Crippen MR) is 97.5 cm³/mol. The molecule has 0 aliphatic rings. The standard InChI is InChI=1S/C16H21N3O3S2/c1-2-4-12-9-14(20)19-16(18-12)24-11-15(21)17-6-8-23-10-13-5-3-7-22-13/h3,5,7,9H,2,4,6,8,10-11H2,1H3,(H,17,21)(H,18,19,20). The second kappa shape index (κ2) is 10.2. The van der Waals surface area contributed by atoms with E-state index < -0.39 is 0 Å². The van der Waals surface area contributed by atoms with Gasteiger partial charge in [-0.05, 0) is 18.6 Å². The Hall–Kier alpha value is -1.67. The van der Waals surface area contributed by atoms with Crippen molar-refractivity contribution in [3.63, 3.8) is 0 Å². The third kappa shape index (κ3) is 6.84. The lowest BCUT2D eigenvalue weighted by molar-refractivity contribution is -0.118. The highest BCUT2D eigenvalue weighted by Gasteiger charge is 2.06. The van der Waals surface area contributed by atoms with E-state index in [2.05, 4.69) is 15.3 Å². The molecule has 130 valence electrons. The van der Waals surface area contributed by atoms with Gasteiger partial charge >= 0.3 is 0 Å². The highest BCUT2D eigenvalue weighted by atomic mass is 32.2. The van der Waals surface area contributed by atoms with Crippen molar-refractivity contribution in [3.05, 3.63) is 46.3 Å². The molecular weight excluding hydrogens is 346 g/mol. The van der Waals surface area contributed by atoms with Gasteiger partial charge in [0.05, 0.1) is 17.8 Å². The van der Waals surface area contributed by atoms with Gasteiger partial charge < -0.3 is 14.7 Å². The van der Waals surface area contributed by atoms with Crippen LogP contribution in [0.3, 0.4) is 0 Å². The van der Waals surface area contributed by atoms with Crippen molar-refractivity contribution in [3.8, 4) is 0 Å². The summed E-state index contributed by atoms with van der Waals surface area (Å²) in [5.41, 5.74) is 0.587. The molecule has 2 aromatic heterocycles. The van der Waals surface area contributed by atoms with Crippen molar-refractivity contribution >= 4 is 29.4 Å². The lowest BCUT2D eigenvalue weighted by Gasteiger charge is -2.05. The lowest BCUT2D eigenvalue weighted by atomic mass is 10.2. The van der Waals surface area contributed by atoms with Crippen LogP contribution >= 0.6 is 23.5 Å². The molecule has 2 aromatic rings. The van der Waals surface area contributed by atoms with Gasteiger partial charge in [-0.25, -0.2) is 4.98 Å². The molecule has 2 heterocycles. The number of hydrogen-bond donors (Lipinski definition) is 2. The summed E-state index contributed by atoms with van der Waals surface area (Å²) < 4.78 is 5.24. The molecule has 0 aliphatic heterocycles. The molecule has 6 nitrogen and oxygen atoms in total. The van der Waals surface area contributed by atoms with Gasteiger partial charge in [0.25, 0.3) is 5.56 Å². The Morgan fingerprint density at radius 1 is 1.46 bits per heavy atom. The van der Waals surface area contributed by atoms with Crippen molar-refractivity contribution in [2.75, 3.05) is 18.1 Å². The molecule has 2 N–H and O–H groups in total. The van der Waals surface area contributed by atoms with Crippen molar-refractivity contribution in [1.82, 2.24) is 15.3 Å². The Balaban J connectivity index is 1.64. The minimum atomic E-state index is -0.175. The van der Waals surface area contributed by atoms with Gasteiger partial charge in [0.1, 0.15) is 5.76 Å². The van der Waals surface area contributed by atoms with Gasteiger partial charge in [-0.15, -0.1) is 0 Å². The number of rotatable bonds is 10. The van der Waals surface area contributed by atoms with Gasteiger partial charge in [-0.1, -0.05) is 25.1 Å². The maximum Gasteiger partial charge on any atom is 0.251 e. The third-order valence-electron chi connectivity index (χ3n) is 3.01. The van der Waals surface area contributed by atoms with Gasteiger partial charge in [0.2, 0.25) is 5.91 Å². The number of carbonyl (C=O) groups is 1. The SMILES string of the molecule is CCCc1cc(=O)[nH]c(SCC(=O)NCCSCc2ccco2)n1. The fraction of sp³-hybridized carbons (Fsp3) is 0.438. The summed E-state index contributed by atoms with van der Waals surface area (Å²) in [7, 11) is 0. The summed E-state index contributed by atoms with van der Waals surface area (Å²) in [6.45, 7) is 2.64. The van der Waals surface area contributed by atoms with Crippen molar-refractivity contribution in [2.45, 2.75) is 30.7 Å². The molecule has 0 bridgehead atoms. The Kier molecular flexibility index (Phi) is 7.97. The molecule has 0 aliphatic carbocycles. The van der Waals surface area contributed by atoms with E-state index in [1.54, 1.807) is 18.0 Å². The number of furan rings is 1. The van der Waals surface area contributed by atoms with Gasteiger partial charge in [0.15, 0.2) is 5.16 Å². The van der Waals surface area contributed by atoms with E-state index in [-0.39, 0.29) is 17.2 Å². The molecule has 24 heavy (non-hydrogen) atoms. The van der Waals surface area contributed by atoms with E-state index >= 15 is 0 Å². The summed E-state index contributed by atoms with van der Waals surface area (Å²) >= 11 is 2.95. The second-order valence-corrected chi connectivity index (χ2v) is 7.13. The molecule has 2 rings (SSSR count). The average Bonchev–Trinajstić information content (AvgIpc) is 3.06. The average molecular weight is 367 g/mol. The first-order chi connectivity index (χ1) is 11.7. The van der Waals surface area contributed by atoms with Crippen LogP contribution in [0.5, 0.6) is 0 Å². The molecule has 0 atom stereocenters. The number of H-pyrrole nitrogens is 1. The van der Waals surface area contributed by atoms with Crippen LogP contribution < -0.4 is 10.9 Å². The van der Waals surface area contributed by atoms with E-state index in [1.165, 1.54) is 17.8 Å². The van der Waals surface area contributed by atoms with Crippen LogP contribution in [-0.4, -0.2) is 33.9 Å². The Bertz CT molecular complexity index is 686. The lowest BCUT2D eigenvalue weighted by Crippen LogP contribution is -2.27. The summed E-state index contributed by atoms with van der Waals surface area (Å²) in [5, 5.41) is 3.35. The fourth-order valence-corrected chi connectivity index (χ4v) is 3.43. The smallest absolute Gasteiger partial charge is 0.251 e. The van der Waals surface area contributed by atoms with Crippen LogP contribution in [0.1, 0.15) is 24.8 Å². The van der Waals surface area contributed by atoms with Crippen LogP contribution in [0.15, 0.2) is 38.8 Å². The first kappa shape index (κ1) is 18.7. The Morgan fingerprint density at radius 2 is 2.33 bits per heavy atom. The second-order valence-electron chi connectivity index (χ2n) is 5.06. The molecule has 0 unspecified atom stereocenters. The number of carbonyl (C=O) groups excluding carboxylic acids is 1. The van der Waals surface area contributed by atoms with Crippen LogP contribution in [0, 0.1) is 0 Å². The molecule has 0 saturated carbocycles. The molecule has 0 radical (unpaired) electrons. The maximum absolute atomic E-state index is 11.8. The van der Waals surface area contributed by atoms with Gasteiger partial charge in [-0.2, -0.15) is 11.8 Å². The number of hydrogen-bond acceptors (Lipinski definition) is 6. The molecule has 0 spiro atoms. The zero-order chi connectivity index (χ0) is 17.2. The number of amides is 1. The minimum Gasteiger partial charge on any atom is -0.468 e. The van der Waals surface area contributed by atoms with Crippen LogP contribution in [0.2, 0.25) is 0 Å². The van der Waals surface area contributed by atoms with Crippen molar-refractivity contribution in [1.29, 1.82) is 0 Å². The van der Waals surface area contributed by atoms with E-state index in [4.69, 9.17) is 4.42 Å². The normalized spacial score (nSPS) is 10.7. The highest BCUT2D eigenvalue weighted by molar-refractivity contribution is 7.99. The molecule has 1 amide bonds. The van der Waals surface area contributed by atoms with Crippen LogP contribution in [-0.2, 0) is 17.0 Å². The number of nitrogens with one attached hydrogen (secondary N) is 2. The topological polar surface area (TPSA) is 88.0 Å². The summed E-state index contributed by atoms with van der Waals surface area (Å²) in [5.74, 6) is 2.72. The molecule has 0 fully saturated rings. The quantitative estimate of drug-likeness (QED) is 0.381. The summed E-state index contributed by atoms with van der Waals surface area (Å²) in [4.78, 5) is 30.4. The monoisotopic (exact) mass is 367 g/mol. The van der Waals surface area contributed by atoms with Crippen molar-refractivity contribution < 1.29 is 9.21 Å². The number of aryl methyl sites for hydroxylation is 1. The van der Waals surface area contributed by atoms with Gasteiger partial charge in [-0.3, -0.25) is 9.59 Å². The zero-order valence-corrected chi connectivity index (χ0v) is 15.2. The first-order valence-corrected chi connectivity index (χ1v) is 9.91. The largest absolute Gasteiger partial charge is 0.468 e. The van der Waals surface area contributed by atoms with E-state index in [0.717, 1.165) is 35.8 Å². The molecule has 0 aromatic carbocycles. The minimum absolute atomic E-state index is 0.0675. The third-order valence-corrected chi connectivity index (χ3v) is 4.87. The highest BCUT2D eigenvalue weighted by Crippen LogP contribution is 2.12. The predicted octanol–water partition coefficient (Wildman–Crippen LogP) is 2.46. The number of aromatic amines is 1. The van der Waals surface area contributed by atoms with Crippen LogP contribution in [0.25, 0.3) is 0 Å². The fourth-order valence-electron chi connectivity index (χ4n) is 1.95. The zero-order valence-electron chi connectivity index (χ0n) is 13.5. The molecular formula is C16H21N3O3S2. The van der Waals surface area contributed by atoms with Gasteiger partial charge in [0, 0.05) is 24.1 Å². The van der Waals surface area contributed by atoms with Crippen molar-refractivity contribution in [2.24, 2.45) is 0 Å². The number of aromatic nitrogens is 2. The Morgan fingerprint density at radius 3 is 3.08 bits per heavy atom. The first-order valence-electron chi connectivity index (χ1n) is 7.77. The van der Waals surface area contributed by atoms with Crippen LogP contribution in [0.4, 0.5) is 0 Å². The number of thioether (sulfide) groups is 2. The summed E-state index contributed by atoms with van der Waals surface area (Å²) in [6, 6.07) is 5.30. The molecule has 8 heteroatoms. The van der Waals surface area contributed by atoms with E-state index in [9.17, 15) is 9.59 Å². The van der Waals surface area contributed by atoms with E-state index in [0.29, 0.717) is 11.7 Å².